The standard InChI is InChI=1S/C29H37N3O5/c1-6-37-29(34)21-11-13-31(14-12-21)18-28(33)32-26(23-10-9-22(35-4)16-27(23)36-5)17-25(30-32)24-15-19(2)7-8-20(24)3/h7-10,15-16,21,26H,6,11-14,17-18H2,1-5H3/t26-/m0/s1. The number of carbonyl (C=O) groups excluding carboxylic acids is 2. The predicted molar refractivity (Wildman–Crippen MR) is 142 cm³/mol. The minimum atomic E-state index is -0.291. The topological polar surface area (TPSA) is 80.7 Å². The van der Waals surface area contributed by atoms with Crippen LogP contribution in [0.3, 0.4) is 0 Å². The molecule has 2 aromatic carbocycles. The lowest BCUT2D eigenvalue weighted by Crippen LogP contribution is -2.43. The summed E-state index contributed by atoms with van der Waals surface area (Å²) in [6.45, 7) is 7.94. The van der Waals surface area contributed by atoms with Crippen LogP contribution in [-0.2, 0) is 14.3 Å². The maximum Gasteiger partial charge on any atom is 0.309 e. The first-order valence-corrected chi connectivity index (χ1v) is 12.9. The fourth-order valence-corrected chi connectivity index (χ4v) is 5.14. The van der Waals surface area contributed by atoms with Gasteiger partial charge in [-0.3, -0.25) is 14.5 Å². The zero-order valence-corrected chi connectivity index (χ0v) is 22.5. The first-order chi connectivity index (χ1) is 17.8. The van der Waals surface area contributed by atoms with Crippen molar-refractivity contribution < 1.29 is 23.8 Å². The van der Waals surface area contributed by atoms with E-state index in [2.05, 4.69) is 36.9 Å². The van der Waals surface area contributed by atoms with Gasteiger partial charge in [0.1, 0.15) is 11.5 Å². The molecule has 8 nitrogen and oxygen atoms in total. The molecule has 0 unspecified atom stereocenters. The highest BCUT2D eigenvalue weighted by atomic mass is 16.5. The monoisotopic (exact) mass is 507 g/mol. The Balaban J connectivity index is 1.58. The Morgan fingerprint density at radius 3 is 2.46 bits per heavy atom. The summed E-state index contributed by atoms with van der Waals surface area (Å²) in [5, 5.41) is 6.51. The van der Waals surface area contributed by atoms with Gasteiger partial charge in [-0.05, 0) is 70.5 Å². The number of nitrogens with zero attached hydrogens (tertiary/aromatic N) is 3. The third-order valence-corrected chi connectivity index (χ3v) is 7.24. The summed E-state index contributed by atoms with van der Waals surface area (Å²) in [4.78, 5) is 27.9. The summed E-state index contributed by atoms with van der Waals surface area (Å²) < 4.78 is 16.3. The maximum atomic E-state index is 13.7. The Kier molecular flexibility index (Phi) is 8.48. The Morgan fingerprint density at radius 1 is 1.03 bits per heavy atom. The summed E-state index contributed by atoms with van der Waals surface area (Å²) in [6.07, 6.45) is 1.97. The van der Waals surface area contributed by atoms with Crippen molar-refractivity contribution in [3.05, 3.63) is 58.7 Å². The fraction of sp³-hybridized carbons (Fsp3) is 0.483. The first-order valence-electron chi connectivity index (χ1n) is 12.9. The molecule has 1 atom stereocenters. The number of hydrazone groups is 1. The molecule has 0 aromatic heterocycles. The molecule has 1 amide bonds. The van der Waals surface area contributed by atoms with Crippen molar-refractivity contribution in [3.8, 4) is 11.5 Å². The molecule has 198 valence electrons. The highest BCUT2D eigenvalue weighted by Crippen LogP contribution is 2.39. The molecule has 1 saturated heterocycles. The van der Waals surface area contributed by atoms with Crippen molar-refractivity contribution in [1.82, 2.24) is 9.91 Å². The van der Waals surface area contributed by atoms with Crippen molar-refractivity contribution in [2.75, 3.05) is 40.5 Å². The van der Waals surface area contributed by atoms with Crippen molar-refractivity contribution in [2.24, 2.45) is 11.0 Å². The summed E-state index contributed by atoms with van der Waals surface area (Å²) in [5.41, 5.74) is 5.11. The highest BCUT2D eigenvalue weighted by Gasteiger charge is 2.36. The summed E-state index contributed by atoms with van der Waals surface area (Å²) in [6, 6.07) is 11.7. The van der Waals surface area contributed by atoms with E-state index >= 15 is 0 Å². The second-order valence-electron chi connectivity index (χ2n) is 9.73. The number of likely N-dealkylation sites (tertiary alicyclic amines) is 1. The number of ether oxygens (including phenoxy) is 3. The average molecular weight is 508 g/mol. The number of esters is 1. The van der Waals surface area contributed by atoms with Gasteiger partial charge in [-0.2, -0.15) is 5.10 Å². The molecule has 2 aliphatic rings. The lowest BCUT2D eigenvalue weighted by atomic mass is 9.94. The average Bonchev–Trinajstić information content (AvgIpc) is 3.35. The van der Waals surface area contributed by atoms with E-state index in [0.717, 1.165) is 28.0 Å². The van der Waals surface area contributed by atoms with Gasteiger partial charge in [0.2, 0.25) is 0 Å². The smallest absolute Gasteiger partial charge is 0.309 e. The molecule has 0 aliphatic carbocycles. The van der Waals surface area contributed by atoms with E-state index in [9.17, 15) is 9.59 Å². The van der Waals surface area contributed by atoms with Crippen LogP contribution in [0, 0.1) is 19.8 Å². The molecule has 2 aromatic rings. The number of amides is 1. The molecule has 8 heteroatoms. The Bertz CT molecular complexity index is 1170. The normalized spacial score (nSPS) is 18.5. The molecule has 0 saturated carbocycles. The lowest BCUT2D eigenvalue weighted by Gasteiger charge is -2.32. The van der Waals surface area contributed by atoms with Gasteiger partial charge in [0.25, 0.3) is 5.91 Å². The number of aryl methyl sites for hydroxylation is 2. The molecule has 2 aliphatic heterocycles. The number of piperidine rings is 1. The van der Waals surface area contributed by atoms with Crippen LogP contribution in [0.15, 0.2) is 41.5 Å². The minimum Gasteiger partial charge on any atom is -0.497 e. The predicted octanol–water partition coefficient (Wildman–Crippen LogP) is 4.27. The third kappa shape index (κ3) is 5.96. The summed E-state index contributed by atoms with van der Waals surface area (Å²) in [5.74, 6) is 1.05. The SMILES string of the molecule is CCOC(=O)C1CCN(CC(=O)N2N=C(c3cc(C)ccc3C)C[C@H]2c2ccc(OC)cc2OC)CC1. The molecule has 2 heterocycles. The van der Waals surface area contributed by atoms with Gasteiger partial charge in [-0.25, -0.2) is 5.01 Å². The minimum absolute atomic E-state index is 0.0715. The van der Waals surface area contributed by atoms with Gasteiger partial charge < -0.3 is 14.2 Å². The van der Waals surface area contributed by atoms with Crippen LogP contribution in [0.1, 0.15) is 54.5 Å². The molecule has 4 rings (SSSR count). The van der Waals surface area contributed by atoms with Crippen molar-refractivity contribution in [2.45, 2.75) is 46.1 Å². The second-order valence-corrected chi connectivity index (χ2v) is 9.73. The Hall–Kier alpha value is -3.39. The molecule has 0 spiro atoms. The fourth-order valence-electron chi connectivity index (χ4n) is 5.14. The molecular weight excluding hydrogens is 470 g/mol. The van der Waals surface area contributed by atoms with Crippen LogP contribution in [0.25, 0.3) is 0 Å². The maximum absolute atomic E-state index is 13.7. The molecule has 1 fully saturated rings. The van der Waals surface area contributed by atoms with E-state index < -0.39 is 0 Å². The van der Waals surface area contributed by atoms with Gasteiger partial charge in [0.15, 0.2) is 0 Å². The lowest BCUT2D eigenvalue weighted by molar-refractivity contribution is -0.149. The number of rotatable bonds is 8. The molecule has 0 bridgehead atoms. The molecule has 0 N–H and O–H groups in total. The Labute approximate surface area is 219 Å². The van der Waals surface area contributed by atoms with Crippen LogP contribution >= 0.6 is 0 Å². The highest BCUT2D eigenvalue weighted by molar-refractivity contribution is 6.04. The van der Waals surface area contributed by atoms with E-state index in [0.29, 0.717) is 50.5 Å². The zero-order chi connectivity index (χ0) is 26.5. The summed E-state index contributed by atoms with van der Waals surface area (Å²) >= 11 is 0. The van der Waals surface area contributed by atoms with Crippen molar-refractivity contribution in [3.63, 3.8) is 0 Å². The molecule has 0 radical (unpaired) electrons. The van der Waals surface area contributed by atoms with Gasteiger partial charge >= 0.3 is 5.97 Å². The largest absolute Gasteiger partial charge is 0.497 e. The van der Waals surface area contributed by atoms with E-state index in [-0.39, 0.29) is 30.4 Å². The van der Waals surface area contributed by atoms with Crippen LogP contribution in [0.4, 0.5) is 0 Å². The van der Waals surface area contributed by atoms with E-state index in [1.165, 1.54) is 0 Å². The number of benzene rings is 2. The van der Waals surface area contributed by atoms with Crippen LogP contribution in [-0.4, -0.2) is 68.0 Å². The van der Waals surface area contributed by atoms with Crippen LogP contribution in [0.2, 0.25) is 0 Å². The third-order valence-electron chi connectivity index (χ3n) is 7.24. The van der Waals surface area contributed by atoms with Gasteiger partial charge in [0.05, 0.1) is 45.0 Å². The first kappa shape index (κ1) is 26.7. The Morgan fingerprint density at radius 2 is 1.78 bits per heavy atom. The van der Waals surface area contributed by atoms with Crippen molar-refractivity contribution in [1.29, 1.82) is 0 Å². The zero-order valence-electron chi connectivity index (χ0n) is 22.5. The van der Waals surface area contributed by atoms with E-state index in [1.54, 1.807) is 19.2 Å². The number of methoxy groups -OCH3 is 2. The number of hydrogen-bond acceptors (Lipinski definition) is 7. The molecular formula is C29H37N3O5. The van der Waals surface area contributed by atoms with Crippen LogP contribution in [0.5, 0.6) is 11.5 Å². The number of hydrogen-bond donors (Lipinski definition) is 0. The summed E-state index contributed by atoms with van der Waals surface area (Å²) in [7, 11) is 3.24. The quantitative estimate of drug-likeness (QED) is 0.497. The van der Waals surface area contributed by atoms with E-state index in [1.807, 2.05) is 25.1 Å². The second kappa shape index (κ2) is 11.8. The number of carbonyl (C=O) groups is 2. The van der Waals surface area contributed by atoms with Gasteiger partial charge in [-0.1, -0.05) is 17.7 Å². The van der Waals surface area contributed by atoms with Crippen molar-refractivity contribution >= 4 is 17.6 Å². The van der Waals surface area contributed by atoms with E-state index in [4.69, 9.17) is 19.3 Å². The van der Waals surface area contributed by atoms with Gasteiger partial charge in [-0.15, -0.1) is 0 Å². The van der Waals surface area contributed by atoms with Crippen LogP contribution < -0.4 is 9.47 Å². The van der Waals surface area contributed by atoms with Gasteiger partial charge in [0, 0.05) is 23.6 Å². The molecule has 37 heavy (non-hydrogen) atoms.